The summed E-state index contributed by atoms with van der Waals surface area (Å²) in [5, 5.41) is 1.26. The van der Waals surface area contributed by atoms with Gasteiger partial charge in [0.05, 0.1) is 10.0 Å². The Kier molecular flexibility index (Phi) is 4.24. The van der Waals surface area contributed by atoms with Crippen molar-refractivity contribution < 1.29 is 0 Å². The summed E-state index contributed by atoms with van der Waals surface area (Å²) in [5.74, 6) is 0. The normalized spacial score (nSPS) is 12.9. The number of benzene rings is 1. The van der Waals surface area contributed by atoms with Crippen molar-refractivity contribution in [2.75, 3.05) is 0 Å². The quantitative estimate of drug-likeness (QED) is 0.838. The van der Waals surface area contributed by atoms with Gasteiger partial charge in [-0.2, -0.15) is 0 Å². The molecule has 0 aromatic heterocycles. The van der Waals surface area contributed by atoms with Gasteiger partial charge in [-0.15, -0.1) is 0 Å². The first-order valence-electron chi connectivity index (χ1n) is 4.84. The molecule has 0 fully saturated rings. The fourth-order valence-corrected chi connectivity index (χ4v) is 2.02. The van der Waals surface area contributed by atoms with Crippen LogP contribution in [-0.2, 0) is 6.42 Å². The van der Waals surface area contributed by atoms with E-state index in [4.69, 9.17) is 28.9 Å². The Morgan fingerprint density at radius 1 is 1.29 bits per heavy atom. The predicted octanol–water partition coefficient (Wildman–Crippen LogP) is 3.97. The molecule has 0 saturated heterocycles. The van der Waals surface area contributed by atoms with Crippen molar-refractivity contribution in [2.45, 2.75) is 32.7 Å². The highest BCUT2D eigenvalue weighted by Crippen LogP contribution is 2.32. The Bertz CT molecular complexity index is 323. The van der Waals surface area contributed by atoms with Crippen LogP contribution in [0.1, 0.15) is 37.4 Å². The molecule has 0 radical (unpaired) electrons. The van der Waals surface area contributed by atoms with Crippen molar-refractivity contribution in [3.63, 3.8) is 0 Å². The lowest BCUT2D eigenvalue weighted by molar-refractivity contribution is 0.690. The second-order valence-corrected chi connectivity index (χ2v) is 4.08. The van der Waals surface area contributed by atoms with Crippen LogP contribution in [0.25, 0.3) is 0 Å². The molecule has 0 spiro atoms. The van der Waals surface area contributed by atoms with E-state index in [1.807, 2.05) is 12.1 Å². The van der Waals surface area contributed by atoms with Crippen molar-refractivity contribution in [2.24, 2.45) is 5.73 Å². The fraction of sp³-hybridized carbons (Fsp3) is 0.455. The van der Waals surface area contributed by atoms with E-state index < -0.39 is 0 Å². The van der Waals surface area contributed by atoms with Gasteiger partial charge in [-0.3, -0.25) is 0 Å². The van der Waals surface area contributed by atoms with Crippen LogP contribution >= 0.6 is 23.2 Å². The number of halogens is 2. The van der Waals surface area contributed by atoms with Crippen molar-refractivity contribution in [1.82, 2.24) is 0 Å². The van der Waals surface area contributed by atoms with Gasteiger partial charge in [0.1, 0.15) is 0 Å². The molecular formula is C11H15Cl2N. The van der Waals surface area contributed by atoms with Gasteiger partial charge in [0.25, 0.3) is 0 Å². The van der Waals surface area contributed by atoms with Crippen molar-refractivity contribution in [3.8, 4) is 0 Å². The molecule has 1 aromatic carbocycles. The van der Waals surface area contributed by atoms with Crippen LogP contribution in [0.2, 0.25) is 10.0 Å². The van der Waals surface area contributed by atoms with E-state index in [1.165, 1.54) is 0 Å². The summed E-state index contributed by atoms with van der Waals surface area (Å²) in [4.78, 5) is 0. The molecule has 78 valence electrons. The second kappa shape index (κ2) is 5.01. The molecule has 0 aliphatic heterocycles. The summed E-state index contributed by atoms with van der Waals surface area (Å²) in [6.07, 6.45) is 1.77. The van der Waals surface area contributed by atoms with Crippen LogP contribution in [0, 0.1) is 0 Å². The second-order valence-electron chi connectivity index (χ2n) is 3.30. The molecular weight excluding hydrogens is 217 g/mol. The third kappa shape index (κ3) is 2.22. The first-order chi connectivity index (χ1) is 6.61. The Labute approximate surface area is 95.2 Å². The van der Waals surface area contributed by atoms with Gasteiger partial charge in [0.15, 0.2) is 0 Å². The number of hydrogen-bond acceptors (Lipinski definition) is 1. The Hall–Kier alpha value is -0.240. The highest BCUT2D eigenvalue weighted by molar-refractivity contribution is 6.42. The maximum atomic E-state index is 6.11. The van der Waals surface area contributed by atoms with E-state index in [0.29, 0.717) is 10.0 Å². The first-order valence-corrected chi connectivity index (χ1v) is 5.59. The van der Waals surface area contributed by atoms with Gasteiger partial charge in [-0.05, 0) is 30.0 Å². The van der Waals surface area contributed by atoms with Crippen LogP contribution in [0.4, 0.5) is 0 Å². The van der Waals surface area contributed by atoms with E-state index in [0.717, 1.165) is 24.0 Å². The minimum Gasteiger partial charge on any atom is -0.324 e. The molecule has 0 amide bonds. The van der Waals surface area contributed by atoms with Crippen LogP contribution in [-0.4, -0.2) is 0 Å². The minimum atomic E-state index is 0.0553. The summed E-state index contributed by atoms with van der Waals surface area (Å²) < 4.78 is 0. The minimum absolute atomic E-state index is 0.0553. The maximum Gasteiger partial charge on any atom is 0.0627 e. The van der Waals surface area contributed by atoms with E-state index in [9.17, 15) is 0 Å². The average Bonchev–Trinajstić information content (AvgIpc) is 2.20. The van der Waals surface area contributed by atoms with Gasteiger partial charge in [-0.25, -0.2) is 0 Å². The first kappa shape index (κ1) is 11.8. The van der Waals surface area contributed by atoms with E-state index in [-0.39, 0.29) is 6.04 Å². The molecule has 0 heterocycles. The van der Waals surface area contributed by atoms with Crippen LogP contribution < -0.4 is 5.73 Å². The fourth-order valence-electron chi connectivity index (χ4n) is 1.53. The smallest absolute Gasteiger partial charge is 0.0627 e. The monoisotopic (exact) mass is 231 g/mol. The van der Waals surface area contributed by atoms with Gasteiger partial charge in [0, 0.05) is 6.04 Å². The third-order valence-electron chi connectivity index (χ3n) is 2.43. The average molecular weight is 232 g/mol. The lowest BCUT2D eigenvalue weighted by Crippen LogP contribution is -2.11. The zero-order chi connectivity index (χ0) is 10.7. The summed E-state index contributed by atoms with van der Waals surface area (Å²) in [6.45, 7) is 4.12. The van der Waals surface area contributed by atoms with E-state index in [2.05, 4.69) is 13.8 Å². The number of rotatable bonds is 3. The Balaban J connectivity index is 3.23. The topological polar surface area (TPSA) is 26.0 Å². The van der Waals surface area contributed by atoms with Crippen molar-refractivity contribution in [1.29, 1.82) is 0 Å². The predicted molar refractivity (Wildman–Crippen MR) is 63.1 cm³/mol. The molecule has 14 heavy (non-hydrogen) atoms. The van der Waals surface area contributed by atoms with Gasteiger partial charge < -0.3 is 5.73 Å². The van der Waals surface area contributed by atoms with Gasteiger partial charge in [-0.1, -0.05) is 43.1 Å². The summed E-state index contributed by atoms with van der Waals surface area (Å²) >= 11 is 12.1. The van der Waals surface area contributed by atoms with E-state index in [1.54, 1.807) is 0 Å². The Morgan fingerprint density at radius 2 is 1.93 bits per heavy atom. The standard InChI is InChI=1S/C11H15Cl2N/c1-3-7-8(10(14)4-2)5-6-9(12)11(7)13/h5-6,10H,3-4,14H2,1-2H3/t10-/m0/s1. The molecule has 1 rings (SSSR count). The molecule has 0 saturated carbocycles. The SMILES string of the molecule is CCc1c([C@@H](N)CC)ccc(Cl)c1Cl. The molecule has 1 aromatic rings. The van der Waals surface area contributed by atoms with Crippen LogP contribution in [0.15, 0.2) is 12.1 Å². The molecule has 0 aliphatic rings. The molecule has 0 unspecified atom stereocenters. The van der Waals surface area contributed by atoms with Gasteiger partial charge in [0.2, 0.25) is 0 Å². The van der Waals surface area contributed by atoms with Crippen molar-refractivity contribution in [3.05, 3.63) is 33.3 Å². The highest BCUT2D eigenvalue weighted by atomic mass is 35.5. The third-order valence-corrected chi connectivity index (χ3v) is 3.27. The molecule has 0 aliphatic carbocycles. The van der Waals surface area contributed by atoms with E-state index >= 15 is 0 Å². The largest absolute Gasteiger partial charge is 0.324 e. The number of hydrogen-bond donors (Lipinski definition) is 1. The maximum absolute atomic E-state index is 6.11. The van der Waals surface area contributed by atoms with Crippen LogP contribution in [0.3, 0.4) is 0 Å². The Morgan fingerprint density at radius 3 is 2.43 bits per heavy atom. The molecule has 3 heteroatoms. The molecule has 1 atom stereocenters. The molecule has 2 N–H and O–H groups in total. The van der Waals surface area contributed by atoms with Crippen LogP contribution in [0.5, 0.6) is 0 Å². The summed E-state index contributed by atoms with van der Waals surface area (Å²) in [5.41, 5.74) is 8.18. The zero-order valence-corrected chi connectivity index (χ0v) is 9.99. The number of nitrogens with two attached hydrogens (primary N) is 1. The molecule has 0 bridgehead atoms. The highest BCUT2D eigenvalue weighted by Gasteiger charge is 2.13. The lowest BCUT2D eigenvalue weighted by Gasteiger charge is -2.16. The summed E-state index contributed by atoms with van der Waals surface area (Å²) in [6, 6.07) is 3.84. The zero-order valence-electron chi connectivity index (χ0n) is 8.48. The summed E-state index contributed by atoms with van der Waals surface area (Å²) in [7, 11) is 0. The van der Waals surface area contributed by atoms with Gasteiger partial charge >= 0.3 is 0 Å². The lowest BCUT2D eigenvalue weighted by atomic mass is 9.97. The van der Waals surface area contributed by atoms with Crippen molar-refractivity contribution >= 4 is 23.2 Å². The molecule has 1 nitrogen and oxygen atoms in total.